The lowest BCUT2D eigenvalue weighted by Gasteiger charge is -2.16. The van der Waals surface area contributed by atoms with E-state index in [1.165, 1.54) is 12.1 Å². The van der Waals surface area contributed by atoms with Crippen molar-refractivity contribution >= 4 is 16.7 Å². The van der Waals surface area contributed by atoms with Crippen LogP contribution >= 0.6 is 0 Å². The third kappa shape index (κ3) is 3.42. The van der Waals surface area contributed by atoms with Crippen LogP contribution in [0, 0.1) is 0 Å². The maximum absolute atomic E-state index is 13.9. The van der Waals surface area contributed by atoms with Crippen LogP contribution in [-0.4, -0.2) is 40.5 Å². The highest BCUT2D eigenvalue weighted by molar-refractivity contribution is 5.97. The van der Waals surface area contributed by atoms with E-state index in [4.69, 9.17) is 0 Å². The fourth-order valence-corrected chi connectivity index (χ4v) is 3.07. The van der Waals surface area contributed by atoms with E-state index >= 15 is 0 Å². The number of fused-ring (bicyclic) bond motifs is 1. The Hall–Kier alpha value is -2.81. The Morgan fingerprint density at radius 1 is 1.04 bits per heavy atom. The molecule has 0 radical (unpaired) electrons. The largest absolute Gasteiger partial charge is 0.416 e. The minimum absolute atomic E-state index is 0.269. The second-order valence-corrected chi connectivity index (χ2v) is 6.30. The first-order chi connectivity index (χ1) is 12.9. The Kier molecular flexibility index (Phi) is 4.39. The number of nitrogens with zero attached hydrogens (tertiary/aromatic N) is 3. The van der Waals surface area contributed by atoms with Crippen molar-refractivity contribution in [3.05, 3.63) is 48.2 Å². The van der Waals surface area contributed by atoms with Gasteiger partial charge in [0.2, 0.25) is 0 Å². The summed E-state index contributed by atoms with van der Waals surface area (Å²) in [6.07, 6.45) is -3.89. The predicted molar refractivity (Wildman–Crippen MR) is 92.9 cm³/mol. The van der Waals surface area contributed by atoms with Crippen LogP contribution in [-0.2, 0) is 6.18 Å². The van der Waals surface area contributed by atoms with Crippen molar-refractivity contribution in [1.82, 2.24) is 20.5 Å². The summed E-state index contributed by atoms with van der Waals surface area (Å²) in [6, 6.07) is 7.72. The van der Waals surface area contributed by atoms with Crippen molar-refractivity contribution < 1.29 is 17.6 Å². The average Bonchev–Trinajstić information content (AvgIpc) is 3.06. The van der Waals surface area contributed by atoms with Crippen molar-refractivity contribution in [3.8, 4) is 11.3 Å². The van der Waals surface area contributed by atoms with E-state index in [1.54, 1.807) is 18.3 Å². The van der Waals surface area contributed by atoms with Crippen LogP contribution in [0.4, 0.5) is 23.4 Å². The Morgan fingerprint density at radius 2 is 1.81 bits per heavy atom. The Bertz CT molecular complexity index is 958. The fourth-order valence-electron chi connectivity index (χ4n) is 3.07. The van der Waals surface area contributed by atoms with Crippen LogP contribution in [0.25, 0.3) is 22.2 Å². The lowest BCUT2D eigenvalue weighted by atomic mass is 10.1. The molecule has 0 spiro atoms. The molecule has 27 heavy (non-hydrogen) atoms. The fraction of sp³-hybridized carbons (Fsp3) is 0.278. The van der Waals surface area contributed by atoms with Crippen molar-refractivity contribution in [2.75, 3.05) is 18.4 Å². The zero-order chi connectivity index (χ0) is 19.0. The molecule has 0 amide bonds. The van der Waals surface area contributed by atoms with Gasteiger partial charge in [-0.2, -0.15) is 13.2 Å². The van der Waals surface area contributed by atoms with Gasteiger partial charge in [0, 0.05) is 30.2 Å². The van der Waals surface area contributed by atoms with Crippen molar-refractivity contribution in [1.29, 1.82) is 0 Å². The number of nitrogens with one attached hydrogen (secondary N) is 2. The Morgan fingerprint density at radius 3 is 2.48 bits per heavy atom. The van der Waals surface area contributed by atoms with Gasteiger partial charge in [-0.1, -0.05) is 12.1 Å². The number of halogens is 4. The molecule has 0 aliphatic carbocycles. The van der Waals surface area contributed by atoms with E-state index < -0.39 is 24.0 Å². The molecule has 1 fully saturated rings. The average molecular weight is 377 g/mol. The molecule has 3 aromatic rings. The van der Waals surface area contributed by atoms with E-state index in [2.05, 4.69) is 25.8 Å². The first-order valence-electron chi connectivity index (χ1n) is 8.34. The van der Waals surface area contributed by atoms with Crippen LogP contribution < -0.4 is 10.6 Å². The Labute approximate surface area is 151 Å². The highest BCUT2D eigenvalue weighted by Gasteiger charge is 2.30. The Balaban J connectivity index is 1.73. The molecule has 2 atom stereocenters. The second-order valence-electron chi connectivity index (χ2n) is 6.30. The van der Waals surface area contributed by atoms with E-state index in [-0.39, 0.29) is 6.54 Å². The number of pyridine rings is 1. The number of hydrogen-bond donors (Lipinski definition) is 2. The molecule has 0 unspecified atom stereocenters. The van der Waals surface area contributed by atoms with Gasteiger partial charge in [-0.25, -0.2) is 4.39 Å². The molecule has 1 saturated heterocycles. The second kappa shape index (κ2) is 6.73. The highest BCUT2D eigenvalue weighted by Crippen LogP contribution is 2.33. The summed E-state index contributed by atoms with van der Waals surface area (Å²) in [5, 5.41) is 14.9. The van der Waals surface area contributed by atoms with Crippen LogP contribution in [0.2, 0.25) is 0 Å². The maximum Gasteiger partial charge on any atom is 0.416 e. The third-order valence-corrected chi connectivity index (χ3v) is 4.49. The molecule has 1 aliphatic heterocycles. The van der Waals surface area contributed by atoms with Gasteiger partial charge in [-0.05, 0) is 24.3 Å². The van der Waals surface area contributed by atoms with Gasteiger partial charge >= 0.3 is 6.18 Å². The van der Waals surface area contributed by atoms with Crippen molar-refractivity contribution in [3.63, 3.8) is 0 Å². The van der Waals surface area contributed by atoms with Crippen LogP contribution in [0.5, 0.6) is 0 Å². The molecule has 0 bridgehead atoms. The molecular formula is C18H15F4N5. The van der Waals surface area contributed by atoms with Crippen LogP contribution in [0.3, 0.4) is 0 Å². The minimum Gasteiger partial charge on any atom is -0.361 e. The summed E-state index contributed by atoms with van der Waals surface area (Å²) in [4.78, 5) is 4.31. The van der Waals surface area contributed by atoms with Gasteiger partial charge < -0.3 is 10.6 Å². The van der Waals surface area contributed by atoms with E-state index in [0.717, 1.165) is 12.1 Å². The topological polar surface area (TPSA) is 62.7 Å². The number of benzene rings is 1. The SMILES string of the molecule is F[C@@H]1CNC[C@H]1Nc1nnc(-c2ccc(C(F)(F)F)cc2)c2ncccc12. The lowest BCUT2D eigenvalue weighted by Crippen LogP contribution is -2.30. The van der Waals surface area contributed by atoms with Gasteiger partial charge in [0.15, 0.2) is 5.82 Å². The zero-order valence-corrected chi connectivity index (χ0v) is 14.0. The highest BCUT2D eigenvalue weighted by atomic mass is 19.4. The molecule has 3 heterocycles. The number of alkyl halides is 4. The molecule has 1 aliphatic rings. The maximum atomic E-state index is 13.9. The summed E-state index contributed by atoms with van der Waals surface area (Å²) in [7, 11) is 0. The predicted octanol–water partition coefficient (Wildman–Crippen LogP) is 3.43. The number of hydrogen-bond acceptors (Lipinski definition) is 5. The van der Waals surface area contributed by atoms with E-state index in [9.17, 15) is 17.6 Å². The summed E-state index contributed by atoms with van der Waals surface area (Å²) in [6.45, 7) is 0.732. The molecule has 9 heteroatoms. The third-order valence-electron chi connectivity index (χ3n) is 4.49. The summed E-state index contributed by atoms with van der Waals surface area (Å²) in [5.74, 6) is 0.394. The van der Waals surface area contributed by atoms with Gasteiger partial charge in [-0.15, -0.1) is 10.2 Å². The molecule has 2 aromatic heterocycles. The van der Waals surface area contributed by atoms with Crippen molar-refractivity contribution in [2.24, 2.45) is 0 Å². The van der Waals surface area contributed by atoms with Gasteiger partial charge in [-0.3, -0.25) is 4.98 Å². The molecule has 1 aromatic carbocycles. The normalized spacial score (nSPS) is 20.1. The minimum atomic E-state index is -4.41. The van der Waals surface area contributed by atoms with Gasteiger partial charge in [0.05, 0.1) is 11.6 Å². The quantitative estimate of drug-likeness (QED) is 0.685. The molecule has 140 valence electrons. The molecule has 4 rings (SSSR count). The number of aromatic nitrogens is 3. The van der Waals surface area contributed by atoms with Crippen molar-refractivity contribution in [2.45, 2.75) is 18.4 Å². The van der Waals surface area contributed by atoms with Gasteiger partial charge in [0.1, 0.15) is 17.4 Å². The summed E-state index contributed by atoms with van der Waals surface area (Å²) >= 11 is 0. The molecule has 2 N–H and O–H groups in total. The monoisotopic (exact) mass is 377 g/mol. The van der Waals surface area contributed by atoms with E-state index in [0.29, 0.717) is 34.5 Å². The standard InChI is InChI=1S/C18H15F4N5/c19-13-8-23-9-14(13)25-17-12-2-1-7-24-16(12)15(26-27-17)10-3-5-11(6-4-10)18(20,21)22/h1-7,13-14,23H,8-9H2,(H,25,27)/t13-,14-/m1/s1. The first-order valence-corrected chi connectivity index (χ1v) is 8.34. The summed E-state index contributed by atoms with van der Waals surface area (Å²) in [5.41, 5.74) is 0.580. The van der Waals surface area contributed by atoms with Gasteiger partial charge in [0.25, 0.3) is 0 Å². The molecule has 0 saturated carbocycles. The van der Waals surface area contributed by atoms with Crippen LogP contribution in [0.1, 0.15) is 5.56 Å². The number of rotatable bonds is 3. The smallest absolute Gasteiger partial charge is 0.361 e. The van der Waals surface area contributed by atoms with E-state index in [1.807, 2.05) is 0 Å². The zero-order valence-electron chi connectivity index (χ0n) is 14.0. The molecule has 5 nitrogen and oxygen atoms in total. The number of anilines is 1. The van der Waals surface area contributed by atoms with Crippen LogP contribution in [0.15, 0.2) is 42.6 Å². The first kappa shape index (κ1) is 17.6. The summed E-state index contributed by atoms with van der Waals surface area (Å²) < 4.78 is 52.2. The molecular weight excluding hydrogens is 362 g/mol. The lowest BCUT2D eigenvalue weighted by molar-refractivity contribution is -0.137.